The van der Waals surface area contributed by atoms with Gasteiger partial charge in [-0.05, 0) is 25.3 Å². The summed E-state index contributed by atoms with van der Waals surface area (Å²) in [6, 6.07) is 2.27. The molecule has 88 valence electrons. The standard InChI is InChI=1S/C10H11FO3S2/c1-6(12)7-4-8(11)10(15-2)9(5-7)16(3,13)14/h4-5H,1-3H3. The van der Waals surface area contributed by atoms with E-state index in [0.29, 0.717) is 0 Å². The van der Waals surface area contributed by atoms with Crippen LogP contribution in [0.4, 0.5) is 4.39 Å². The predicted molar refractivity (Wildman–Crippen MR) is 61.3 cm³/mol. The number of carbonyl (C=O) groups excluding carboxylic acids is 1. The van der Waals surface area contributed by atoms with Gasteiger partial charge in [0.1, 0.15) is 5.82 Å². The number of thioether (sulfide) groups is 1. The molecule has 6 heteroatoms. The van der Waals surface area contributed by atoms with Gasteiger partial charge in [-0.1, -0.05) is 0 Å². The Balaban J connectivity index is 3.62. The maximum absolute atomic E-state index is 13.6. The van der Waals surface area contributed by atoms with E-state index in [1.165, 1.54) is 13.0 Å². The lowest BCUT2D eigenvalue weighted by Gasteiger charge is -2.08. The fraction of sp³-hybridized carbons (Fsp3) is 0.300. The number of Topliss-reactive ketones (excluding diaryl/α,β-unsaturated/α-hetero) is 1. The van der Waals surface area contributed by atoms with Crippen LogP contribution in [0.5, 0.6) is 0 Å². The zero-order valence-corrected chi connectivity index (χ0v) is 10.7. The number of sulfone groups is 1. The minimum Gasteiger partial charge on any atom is -0.295 e. The fourth-order valence-electron chi connectivity index (χ4n) is 1.24. The summed E-state index contributed by atoms with van der Waals surface area (Å²) < 4.78 is 36.5. The molecule has 0 aliphatic heterocycles. The lowest BCUT2D eigenvalue weighted by molar-refractivity contribution is 0.101. The van der Waals surface area contributed by atoms with E-state index < -0.39 is 15.7 Å². The van der Waals surface area contributed by atoms with E-state index in [9.17, 15) is 17.6 Å². The van der Waals surface area contributed by atoms with Crippen LogP contribution in [-0.2, 0) is 9.84 Å². The van der Waals surface area contributed by atoms with Crippen LogP contribution in [0.15, 0.2) is 21.9 Å². The van der Waals surface area contributed by atoms with Gasteiger partial charge in [0.05, 0.1) is 9.79 Å². The molecule has 0 aliphatic carbocycles. The molecule has 1 aromatic rings. The highest BCUT2D eigenvalue weighted by Crippen LogP contribution is 2.29. The molecule has 0 spiro atoms. The summed E-state index contributed by atoms with van der Waals surface area (Å²) in [6.07, 6.45) is 2.58. The van der Waals surface area contributed by atoms with Crippen LogP contribution in [0.1, 0.15) is 17.3 Å². The summed E-state index contributed by atoms with van der Waals surface area (Å²) in [5.74, 6) is -1.04. The highest BCUT2D eigenvalue weighted by molar-refractivity contribution is 7.99. The fourth-order valence-corrected chi connectivity index (χ4v) is 3.24. The lowest BCUT2D eigenvalue weighted by Crippen LogP contribution is -2.04. The molecule has 1 rings (SSSR count). The Hall–Kier alpha value is -0.880. The molecule has 0 heterocycles. The smallest absolute Gasteiger partial charge is 0.176 e. The Morgan fingerprint density at radius 3 is 2.31 bits per heavy atom. The predicted octanol–water partition coefficient (Wildman–Crippen LogP) is 2.15. The van der Waals surface area contributed by atoms with Gasteiger partial charge >= 0.3 is 0 Å². The molecular weight excluding hydrogens is 251 g/mol. The van der Waals surface area contributed by atoms with E-state index in [1.807, 2.05) is 0 Å². The maximum Gasteiger partial charge on any atom is 0.176 e. The van der Waals surface area contributed by atoms with Gasteiger partial charge in [-0.25, -0.2) is 12.8 Å². The Bertz CT molecular complexity index is 535. The number of rotatable bonds is 3. The molecule has 0 amide bonds. The van der Waals surface area contributed by atoms with Crippen LogP contribution in [-0.4, -0.2) is 26.7 Å². The minimum absolute atomic E-state index is 0.0486. The minimum atomic E-state index is -3.54. The third kappa shape index (κ3) is 2.62. The van der Waals surface area contributed by atoms with Crippen molar-refractivity contribution in [1.82, 2.24) is 0 Å². The summed E-state index contributed by atoms with van der Waals surface area (Å²) in [7, 11) is -3.54. The van der Waals surface area contributed by atoms with Gasteiger partial charge in [0.15, 0.2) is 15.6 Å². The molecule has 0 N–H and O–H groups in total. The van der Waals surface area contributed by atoms with E-state index in [2.05, 4.69) is 0 Å². The highest BCUT2D eigenvalue weighted by Gasteiger charge is 2.19. The maximum atomic E-state index is 13.6. The van der Waals surface area contributed by atoms with Crippen LogP contribution in [0, 0.1) is 5.82 Å². The monoisotopic (exact) mass is 262 g/mol. The molecule has 0 aromatic heterocycles. The second-order valence-corrected chi connectivity index (χ2v) is 6.12. The first kappa shape index (κ1) is 13.2. The number of carbonyl (C=O) groups is 1. The van der Waals surface area contributed by atoms with Gasteiger partial charge < -0.3 is 0 Å². The van der Waals surface area contributed by atoms with Crippen LogP contribution in [0.3, 0.4) is 0 Å². The largest absolute Gasteiger partial charge is 0.295 e. The van der Waals surface area contributed by atoms with Gasteiger partial charge in [0.25, 0.3) is 0 Å². The number of ketones is 1. The molecule has 1 aromatic carbocycles. The normalized spacial score (nSPS) is 11.5. The Labute approximate surface area is 98.0 Å². The summed E-state index contributed by atoms with van der Waals surface area (Å²) in [5, 5.41) is 0. The Morgan fingerprint density at radius 1 is 1.38 bits per heavy atom. The third-order valence-electron chi connectivity index (χ3n) is 2.02. The van der Waals surface area contributed by atoms with Crippen molar-refractivity contribution in [2.45, 2.75) is 16.7 Å². The molecule has 0 fully saturated rings. The Morgan fingerprint density at radius 2 is 1.94 bits per heavy atom. The SMILES string of the molecule is CSc1c(F)cc(C(C)=O)cc1S(C)(=O)=O. The number of hydrogen-bond donors (Lipinski definition) is 0. The van der Waals surface area contributed by atoms with E-state index in [-0.39, 0.29) is 21.1 Å². The van der Waals surface area contributed by atoms with Crippen molar-refractivity contribution in [2.24, 2.45) is 0 Å². The van der Waals surface area contributed by atoms with Gasteiger partial charge in [-0.15, -0.1) is 11.8 Å². The zero-order valence-electron chi connectivity index (χ0n) is 9.07. The van der Waals surface area contributed by atoms with Crippen molar-refractivity contribution in [1.29, 1.82) is 0 Å². The summed E-state index contributed by atoms with van der Waals surface area (Å²) in [4.78, 5) is 11.0. The van der Waals surface area contributed by atoms with Crippen LogP contribution in [0.25, 0.3) is 0 Å². The topological polar surface area (TPSA) is 51.2 Å². The zero-order chi connectivity index (χ0) is 12.5. The van der Waals surface area contributed by atoms with Crippen molar-refractivity contribution in [3.8, 4) is 0 Å². The molecule has 0 radical (unpaired) electrons. The van der Waals surface area contributed by atoms with Crippen LogP contribution < -0.4 is 0 Å². The van der Waals surface area contributed by atoms with Crippen molar-refractivity contribution in [2.75, 3.05) is 12.5 Å². The molecular formula is C10H11FO3S2. The quantitative estimate of drug-likeness (QED) is 0.618. The number of hydrogen-bond acceptors (Lipinski definition) is 4. The number of benzene rings is 1. The van der Waals surface area contributed by atoms with Gasteiger partial charge in [-0.2, -0.15) is 0 Å². The highest BCUT2D eigenvalue weighted by atomic mass is 32.2. The second-order valence-electron chi connectivity index (χ2n) is 3.32. The average Bonchev–Trinajstić information content (AvgIpc) is 2.14. The molecule has 0 bridgehead atoms. The van der Waals surface area contributed by atoms with Crippen molar-refractivity contribution >= 4 is 27.4 Å². The first-order valence-electron chi connectivity index (χ1n) is 4.36. The van der Waals surface area contributed by atoms with E-state index in [0.717, 1.165) is 24.1 Å². The summed E-state index contributed by atoms with van der Waals surface area (Å²) in [5.41, 5.74) is 0.0655. The van der Waals surface area contributed by atoms with Crippen LogP contribution in [0.2, 0.25) is 0 Å². The van der Waals surface area contributed by atoms with Gasteiger partial charge in [0, 0.05) is 11.8 Å². The van der Waals surface area contributed by atoms with E-state index in [4.69, 9.17) is 0 Å². The molecule has 0 unspecified atom stereocenters. The molecule has 0 saturated heterocycles. The number of halogens is 1. The lowest BCUT2D eigenvalue weighted by atomic mass is 10.1. The average molecular weight is 262 g/mol. The molecule has 3 nitrogen and oxygen atoms in total. The summed E-state index contributed by atoms with van der Waals surface area (Å²) in [6.45, 7) is 1.26. The van der Waals surface area contributed by atoms with Gasteiger partial charge in [0.2, 0.25) is 0 Å². The first-order valence-corrected chi connectivity index (χ1v) is 7.47. The molecule has 16 heavy (non-hydrogen) atoms. The van der Waals surface area contributed by atoms with Crippen LogP contribution >= 0.6 is 11.8 Å². The van der Waals surface area contributed by atoms with E-state index in [1.54, 1.807) is 6.26 Å². The second kappa shape index (κ2) is 4.55. The summed E-state index contributed by atoms with van der Waals surface area (Å²) >= 11 is 1.00. The molecule has 0 saturated carbocycles. The van der Waals surface area contributed by atoms with Crippen molar-refractivity contribution in [3.63, 3.8) is 0 Å². The van der Waals surface area contributed by atoms with E-state index >= 15 is 0 Å². The van der Waals surface area contributed by atoms with Crippen molar-refractivity contribution in [3.05, 3.63) is 23.5 Å². The molecule has 0 aliphatic rings. The van der Waals surface area contributed by atoms with Crippen molar-refractivity contribution < 1.29 is 17.6 Å². The Kier molecular flexibility index (Phi) is 3.75. The first-order chi connectivity index (χ1) is 7.27. The molecule has 0 atom stereocenters. The third-order valence-corrected chi connectivity index (χ3v) is 4.09. The van der Waals surface area contributed by atoms with Gasteiger partial charge in [-0.3, -0.25) is 4.79 Å².